The molecule has 0 radical (unpaired) electrons. The lowest BCUT2D eigenvalue weighted by atomic mass is 10.1. The molecule has 5 nitrogen and oxygen atoms in total. The van der Waals surface area contributed by atoms with Crippen molar-refractivity contribution in [2.45, 2.75) is 18.3 Å². The maximum Gasteiger partial charge on any atom is 0.305 e. The molecule has 2 aromatic rings. The predicted octanol–water partition coefficient (Wildman–Crippen LogP) is 2.16. The van der Waals surface area contributed by atoms with Gasteiger partial charge < -0.3 is 20.1 Å². The van der Waals surface area contributed by atoms with E-state index in [2.05, 4.69) is 5.32 Å². The zero-order valence-corrected chi connectivity index (χ0v) is 11.7. The van der Waals surface area contributed by atoms with Gasteiger partial charge in [0.1, 0.15) is 5.75 Å². The number of hydrogen-bond donors (Lipinski definition) is 3. The number of carbonyl (C=O) groups is 1. The molecule has 3 rings (SSSR count). The number of carboxylic acids is 1. The maximum absolute atomic E-state index is 10.8. The first-order valence-electron chi connectivity index (χ1n) is 6.53. The molecule has 1 aliphatic heterocycles. The highest BCUT2D eigenvalue weighted by Gasteiger charge is 2.21. The molecule has 2 heterocycles. The fraction of sp³-hybridized carbons (Fsp3) is 0.357. The second kappa shape index (κ2) is 5.38. The Kier molecular flexibility index (Phi) is 3.58. The van der Waals surface area contributed by atoms with Crippen LogP contribution in [0.25, 0.3) is 10.9 Å². The Morgan fingerprint density at radius 1 is 1.50 bits per heavy atom. The molecule has 106 valence electrons. The number of phenolic OH excluding ortho intramolecular Hbond substituents is 1. The topological polar surface area (TPSA) is 74.5 Å². The van der Waals surface area contributed by atoms with Crippen LogP contribution in [-0.4, -0.2) is 33.0 Å². The number of aromatic hydroxyl groups is 1. The van der Waals surface area contributed by atoms with E-state index in [0.717, 1.165) is 28.8 Å². The Morgan fingerprint density at radius 3 is 3.05 bits per heavy atom. The van der Waals surface area contributed by atoms with Crippen LogP contribution in [0.3, 0.4) is 0 Å². The predicted molar refractivity (Wildman–Crippen MR) is 79.1 cm³/mol. The van der Waals surface area contributed by atoms with Crippen LogP contribution >= 0.6 is 11.8 Å². The highest BCUT2D eigenvalue weighted by molar-refractivity contribution is 7.99. The molecule has 1 aromatic heterocycles. The van der Waals surface area contributed by atoms with E-state index in [1.807, 2.05) is 28.6 Å². The van der Waals surface area contributed by atoms with Gasteiger partial charge in [-0.3, -0.25) is 4.79 Å². The Bertz CT molecular complexity index is 647. The second-order valence-corrected chi connectivity index (χ2v) is 6.04. The number of nitrogens with zero attached hydrogens (tertiary/aromatic N) is 1. The minimum Gasteiger partial charge on any atom is -0.508 e. The molecule has 1 unspecified atom stereocenters. The van der Waals surface area contributed by atoms with Gasteiger partial charge in [-0.05, 0) is 18.2 Å². The van der Waals surface area contributed by atoms with Crippen molar-refractivity contribution in [3.63, 3.8) is 0 Å². The normalized spacial score (nSPS) is 18.7. The van der Waals surface area contributed by atoms with E-state index >= 15 is 0 Å². The molecule has 1 atom stereocenters. The van der Waals surface area contributed by atoms with Gasteiger partial charge >= 0.3 is 5.97 Å². The SMILES string of the molecule is O=C(O)CCn1cc(C2NCCS2)c2cc(O)ccc21. The first kappa shape index (κ1) is 13.3. The second-order valence-electron chi connectivity index (χ2n) is 4.83. The molecule has 0 spiro atoms. The first-order chi connectivity index (χ1) is 9.65. The van der Waals surface area contributed by atoms with E-state index in [-0.39, 0.29) is 17.5 Å². The summed E-state index contributed by atoms with van der Waals surface area (Å²) in [5.74, 6) is 0.490. The van der Waals surface area contributed by atoms with Crippen LogP contribution in [0, 0.1) is 0 Å². The number of fused-ring (bicyclic) bond motifs is 1. The van der Waals surface area contributed by atoms with Crippen LogP contribution in [0.4, 0.5) is 0 Å². The third kappa shape index (κ3) is 2.48. The summed E-state index contributed by atoms with van der Waals surface area (Å²) in [6, 6.07) is 5.23. The number of rotatable bonds is 4. The number of aryl methyl sites for hydroxylation is 1. The van der Waals surface area contributed by atoms with Gasteiger partial charge in [-0.25, -0.2) is 0 Å². The monoisotopic (exact) mass is 292 g/mol. The summed E-state index contributed by atoms with van der Waals surface area (Å²) in [6.45, 7) is 1.41. The zero-order valence-electron chi connectivity index (χ0n) is 10.9. The number of carboxylic acid groups (broad SMARTS) is 1. The van der Waals surface area contributed by atoms with E-state index < -0.39 is 5.97 Å². The van der Waals surface area contributed by atoms with E-state index in [1.165, 1.54) is 0 Å². The number of aliphatic carboxylic acids is 1. The molecule has 1 aromatic carbocycles. The Balaban J connectivity index is 2.04. The standard InChI is InChI=1S/C14H16N2O3S/c17-9-1-2-12-10(7-9)11(14-15-4-6-20-14)8-16(12)5-3-13(18)19/h1-2,7-8,14-15,17H,3-6H2,(H,18,19). The van der Waals surface area contributed by atoms with E-state index in [0.29, 0.717) is 6.54 Å². The minimum atomic E-state index is -0.805. The van der Waals surface area contributed by atoms with Crippen LogP contribution in [0.1, 0.15) is 17.4 Å². The van der Waals surface area contributed by atoms with Gasteiger partial charge in [-0.2, -0.15) is 0 Å². The largest absolute Gasteiger partial charge is 0.508 e. The van der Waals surface area contributed by atoms with Gasteiger partial charge in [0, 0.05) is 41.5 Å². The van der Waals surface area contributed by atoms with E-state index in [9.17, 15) is 9.90 Å². The number of phenols is 1. The Labute approximate surface area is 120 Å². The summed E-state index contributed by atoms with van der Waals surface area (Å²) in [4.78, 5) is 10.8. The average Bonchev–Trinajstić information content (AvgIpc) is 3.02. The highest BCUT2D eigenvalue weighted by atomic mass is 32.2. The van der Waals surface area contributed by atoms with Gasteiger partial charge in [0.05, 0.1) is 11.8 Å². The van der Waals surface area contributed by atoms with Gasteiger partial charge in [0.15, 0.2) is 0 Å². The molecule has 0 saturated carbocycles. The number of nitrogens with one attached hydrogen (secondary N) is 1. The van der Waals surface area contributed by atoms with Crippen LogP contribution in [-0.2, 0) is 11.3 Å². The lowest BCUT2D eigenvalue weighted by Gasteiger charge is -2.07. The number of benzene rings is 1. The lowest BCUT2D eigenvalue weighted by Crippen LogP contribution is -2.11. The minimum absolute atomic E-state index is 0.0926. The molecule has 0 amide bonds. The van der Waals surface area contributed by atoms with Crippen molar-refractivity contribution >= 4 is 28.6 Å². The summed E-state index contributed by atoms with van der Waals surface area (Å²) < 4.78 is 1.96. The lowest BCUT2D eigenvalue weighted by molar-refractivity contribution is -0.137. The summed E-state index contributed by atoms with van der Waals surface area (Å²) in [5, 5.41) is 23.1. The number of hydrogen-bond acceptors (Lipinski definition) is 4. The average molecular weight is 292 g/mol. The molecule has 0 bridgehead atoms. The van der Waals surface area contributed by atoms with Crippen molar-refractivity contribution in [3.05, 3.63) is 30.0 Å². The van der Waals surface area contributed by atoms with Gasteiger partial charge in [0.25, 0.3) is 0 Å². The van der Waals surface area contributed by atoms with Crippen molar-refractivity contribution in [1.82, 2.24) is 9.88 Å². The zero-order chi connectivity index (χ0) is 14.1. The highest BCUT2D eigenvalue weighted by Crippen LogP contribution is 2.37. The fourth-order valence-electron chi connectivity index (χ4n) is 2.55. The van der Waals surface area contributed by atoms with Gasteiger partial charge in [-0.1, -0.05) is 0 Å². The summed E-state index contributed by atoms with van der Waals surface area (Å²) in [6.07, 6.45) is 2.10. The quantitative estimate of drug-likeness (QED) is 0.805. The van der Waals surface area contributed by atoms with E-state index in [4.69, 9.17) is 5.11 Å². The molecular weight excluding hydrogens is 276 g/mol. The fourth-order valence-corrected chi connectivity index (χ4v) is 3.62. The molecule has 1 aliphatic rings. The molecular formula is C14H16N2O3S. The first-order valence-corrected chi connectivity index (χ1v) is 7.58. The molecule has 3 N–H and O–H groups in total. The molecule has 6 heteroatoms. The van der Waals surface area contributed by atoms with Crippen molar-refractivity contribution in [2.24, 2.45) is 0 Å². The number of thioether (sulfide) groups is 1. The maximum atomic E-state index is 10.8. The number of aromatic nitrogens is 1. The van der Waals surface area contributed by atoms with Crippen LogP contribution in [0.15, 0.2) is 24.4 Å². The molecule has 1 fully saturated rings. The summed E-state index contributed by atoms with van der Waals surface area (Å²) in [5.41, 5.74) is 2.08. The van der Waals surface area contributed by atoms with E-state index in [1.54, 1.807) is 12.1 Å². The van der Waals surface area contributed by atoms with Crippen molar-refractivity contribution in [2.75, 3.05) is 12.3 Å². The van der Waals surface area contributed by atoms with Gasteiger partial charge in [0.2, 0.25) is 0 Å². The third-order valence-electron chi connectivity index (χ3n) is 3.46. The van der Waals surface area contributed by atoms with Crippen LogP contribution in [0.5, 0.6) is 5.75 Å². The summed E-state index contributed by atoms with van der Waals surface area (Å²) in [7, 11) is 0. The van der Waals surface area contributed by atoms with Crippen LogP contribution < -0.4 is 5.32 Å². The van der Waals surface area contributed by atoms with Crippen molar-refractivity contribution in [3.8, 4) is 5.75 Å². The Hall–Kier alpha value is -1.66. The molecule has 1 saturated heterocycles. The van der Waals surface area contributed by atoms with Gasteiger partial charge in [-0.15, -0.1) is 11.8 Å². The third-order valence-corrected chi connectivity index (χ3v) is 4.65. The van der Waals surface area contributed by atoms with Crippen molar-refractivity contribution in [1.29, 1.82) is 0 Å². The van der Waals surface area contributed by atoms with Crippen LogP contribution in [0.2, 0.25) is 0 Å². The smallest absolute Gasteiger partial charge is 0.305 e. The summed E-state index contributed by atoms with van der Waals surface area (Å²) >= 11 is 1.83. The Morgan fingerprint density at radius 2 is 2.35 bits per heavy atom. The van der Waals surface area contributed by atoms with Crippen molar-refractivity contribution < 1.29 is 15.0 Å². The molecule has 0 aliphatic carbocycles. The molecule has 20 heavy (non-hydrogen) atoms.